The Labute approximate surface area is 235 Å². The first-order valence-corrected chi connectivity index (χ1v) is 14.1. The van der Waals surface area contributed by atoms with E-state index in [4.69, 9.17) is 4.74 Å². The summed E-state index contributed by atoms with van der Waals surface area (Å²) in [5.41, 5.74) is 2.84. The summed E-state index contributed by atoms with van der Waals surface area (Å²) >= 11 is 3.48. The van der Waals surface area contributed by atoms with Gasteiger partial charge in [0.1, 0.15) is 11.8 Å². The molecule has 0 heterocycles. The maximum Gasteiger partial charge on any atom is 0.261 e. The average molecular weight is 580 g/mol. The maximum absolute atomic E-state index is 13.8. The zero-order valence-electron chi connectivity index (χ0n) is 22.9. The van der Waals surface area contributed by atoms with Crippen LogP contribution >= 0.6 is 15.9 Å². The van der Waals surface area contributed by atoms with Crippen molar-refractivity contribution >= 4 is 27.7 Å². The molecule has 0 spiro atoms. The molecule has 2 amide bonds. The molecule has 0 radical (unpaired) electrons. The molecule has 1 atom stereocenters. The number of benzene rings is 3. The fourth-order valence-electron chi connectivity index (χ4n) is 4.28. The third-order valence-electron chi connectivity index (χ3n) is 6.41. The normalized spacial score (nSPS) is 12.0. The summed E-state index contributed by atoms with van der Waals surface area (Å²) in [7, 11) is 0. The molecule has 0 fully saturated rings. The van der Waals surface area contributed by atoms with Crippen LogP contribution in [0.25, 0.3) is 0 Å². The van der Waals surface area contributed by atoms with Crippen molar-refractivity contribution in [2.75, 3.05) is 13.2 Å². The van der Waals surface area contributed by atoms with Gasteiger partial charge in [-0.15, -0.1) is 0 Å². The number of carbonyl (C=O) groups excluding carboxylic acids is 2. The van der Waals surface area contributed by atoms with Crippen molar-refractivity contribution in [1.82, 2.24) is 10.2 Å². The molecular formula is C32H39BrN2O3. The van der Waals surface area contributed by atoms with Gasteiger partial charge in [-0.1, -0.05) is 111 Å². The van der Waals surface area contributed by atoms with Crippen LogP contribution in [0, 0.1) is 0 Å². The van der Waals surface area contributed by atoms with Crippen molar-refractivity contribution in [1.29, 1.82) is 0 Å². The Kier molecular flexibility index (Phi) is 11.0. The van der Waals surface area contributed by atoms with Crippen LogP contribution in [0.5, 0.6) is 5.75 Å². The number of unbranched alkanes of at least 4 members (excludes halogenated alkanes) is 1. The third kappa shape index (κ3) is 8.73. The molecule has 3 aromatic carbocycles. The summed E-state index contributed by atoms with van der Waals surface area (Å²) in [6.07, 6.45) is 2.28. The summed E-state index contributed by atoms with van der Waals surface area (Å²) in [5, 5.41) is 3.06. The maximum atomic E-state index is 13.8. The van der Waals surface area contributed by atoms with E-state index in [0.717, 1.165) is 34.0 Å². The van der Waals surface area contributed by atoms with Gasteiger partial charge in [0.25, 0.3) is 5.91 Å². The lowest BCUT2D eigenvalue weighted by Gasteiger charge is -2.32. The Balaban J connectivity index is 1.91. The van der Waals surface area contributed by atoms with E-state index in [9.17, 15) is 9.59 Å². The number of carbonyl (C=O) groups is 2. The third-order valence-corrected chi connectivity index (χ3v) is 6.94. The number of ether oxygens (including phenoxy) is 1. The van der Waals surface area contributed by atoms with E-state index in [1.165, 1.54) is 0 Å². The van der Waals surface area contributed by atoms with Crippen molar-refractivity contribution in [2.24, 2.45) is 0 Å². The molecule has 3 rings (SSSR count). The van der Waals surface area contributed by atoms with Crippen molar-refractivity contribution < 1.29 is 14.3 Å². The van der Waals surface area contributed by atoms with Crippen molar-refractivity contribution in [3.63, 3.8) is 0 Å². The number of halogens is 1. The second kappa shape index (κ2) is 14.1. The first-order valence-electron chi connectivity index (χ1n) is 13.3. The number of amides is 2. The monoisotopic (exact) mass is 578 g/mol. The van der Waals surface area contributed by atoms with Crippen molar-refractivity contribution in [3.05, 3.63) is 100 Å². The van der Waals surface area contributed by atoms with Gasteiger partial charge in [0, 0.05) is 24.0 Å². The van der Waals surface area contributed by atoms with Crippen LogP contribution in [0.2, 0.25) is 0 Å². The van der Waals surface area contributed by atoms with Crippen molar-refractivity contribution in [2.45, 2.75) is 65.0 Å². The predicted octanol–water partition coefficient (Wildman–Crippen LogP) is 6.68. The Hall–Kier alpha value is -3.12. The number of hydrogen-bond acceptors (Lipinski definition) is 3. The van der Waals surface area contributed by atoms with Crippen LogP contribution in [0.3, 0.4) is 0 Å². The fraction of sp³-hybridized carbons (Fsp3) is 0.375. The lowest BCUT2D eigenvalue weighted by Crippen LogP contribution is -2.51. The highest BCUT2D eigenvalue weighted by molar-refractivity contribution is 9.10. The molecular weight excluding hydrogens is 540 g/mol. The number of nitrogens with one attached hydrogen (secondary N) is 1. The SMILES string of the molecule is CCCCNC(=O)[C@H](Cc1ccccc1)N(Cc1ccc(Br)cc1)C(=O)COc1ccccc1C(C)(C)C. The molecule has 0 aliphatic carbocycles. The van der Waals surface area contributed by atoms with Crippen LogP contribution < -0.4 is 10.1 Å². The minimum absolute atomic E-state index is 0.133. The zero-order valence-corrected chi connectivity index (χ0v) is 24.5. The minimum Gasteiger partial charge on any atom is -0.483 e. The molecule has 0 aromatic heterocycles. The van der Waals surface area contributed by atoms with E-state index >= 15 is 0 Å². The topological polar surface area (TPSA) is 58.6 Å². The molecule has 0 aliphatic heterocycles. The number of nitrogens with zero attached hydrogens (tertiary/aromatic N) is 1. The van der Waals surface area contributed by atoms with Gasteiger partial charge in [-0.25, -0.2) is 0 Å². The van der Waals surface area contributed by atoms with Crippen LogP contribution in [-0.2, 0) is 28.0 Å². The first-order chi connectivity index (χ1) is 18.2. The van der Waals surface area contributed by atoms with Crippen LogP contribution in [0.15, 0.2) is 83.3 Å². The summed E-state index contributed by atoms with van der Waals surface area (Å²) in [4.78, 5) is 29.0. The molecule has 3 aromatic rings. The Bertz CT molecular complexity index is 1170. The van der Waals surface area contributed by atoms with Gasteiger partial charge >= 0.3 is 0 Å². The molecule has 38 heavy (non-hydrogen) atoms. The highest BCUT2D eigenvalue weighted by Gasteiger charge is 2.31. The molecule has 0 unspecified atom stereocenters. The number of hydrogen-bond donors (Lipinski definition) is 1. The molecule has 6 heteroatoms. The Morgan fingerprint density at radius 3 is 2.24 bits per heavy atom. The second-order valence-corrected chi connectivity index (χ2v) is 11.4. The van der Waals surface area contributed by atoms with Gasteiger partial charge in [0.15, 0.2) is 6.61 Å². The van der Waals surface area contributed by atoms with Gasteiger partial charge in [-0.05, 0) is 46.7 Å². The summed E-state index contributed by atoms with van der Waals surface area (Å²) in [6.45, 7) is 9.17. The van der Waals surface area contributed by atoms with E-state index in [1.54, 1.807) is 4.90 Å². The van der Waals surface area contributed by atoms with Crippen LogP contribution in [-0.4, -0.2) is 35.9 Å². The van der Waals surface area contributed by atoms with Gasteiger partial charge in [0.05, 0.1) is 0 Å². The number of para-hydroxylation sites is 1. The lowest BCUT2D eigenvalue weighted by atomic mass is 9.86. The van der Waals surface area contributed by atoms with Crippen molar-refractivity contribution in [3.8, 4) is 5.75 Å². The largest absolute Gasteiger partial charge is 0.483 e. The molecule has 1 N–H and O–H groups in total. The summed E-state index contributed by atoms with van der Waals surface area (Å²) < 4.78 is 7.07. The van der Waals surface area contributed by atoms with Crippen LogP contribution in [0.4, 0.5) is 0 Å². The standard InChI is InChI=1S/C32H39BrN2O3/c1-5-6-20-34-31(37)28(21-24-12-8-7-9-13-24)35(22-25-16-18-26(33)19-17-25)30(36)23-38-29-15-11-10-14-27(29)32(2,3)4/h7-19,28H,5-6,20-23H2,1-4H3,(H,34,37)/t28-/m0/s1. The smallest absolute Gasteiger partial charge is 0.261 e. The Morgan fingerprint density at radius 2 is 1.58 bits per heavy atom. The van der Waals surface area contributed by atoms with E-state index in [0.29, 0.717) is 25.3 Å². The van der Waals surface area contributed by atoms with Gasteiger partial charge in [-0.3, -0.25) is 9.59 Å². The van der Waals surface area contributed by atoms with Gasteiger partial charge in [-0.2, -0.15) is 0 Å². The first kappa shape index (κ1) is 29.4. The molecule has 0 aliphatic rings. The van der Waals surface area contributed by atoms with E-state index in [-0.39, 0.29) is 23.8 Å². The zero-order chi connectivity index (χ0) is 27.5. The molecule has 5 nitrogen and oxygen atoms in total. The fourth-order valence-corrected chi connectivity index (χ4v) is 4.55. The second-order valence-electron chi connectivity index (χ2n) is 10.5. The summed E-state index contributed by atoms with van der Waals surface area (Å²) in [6, 6.07) is 24.8. The summed E-state index contributed by atoms with van der Waals surface area (Å²) in [5.74, 6) is 0.301. The number of rotatable bonds is 12. The predicted molar refractivity (Wildman–Crippen MR) is 157 cm³/mol. The average Bonchev–Trinajstić information content (AvgIpc) is 2.90. The van der Waals surface area contributed by atoms with Gasteiger partial charge < -0.3 is 15.0 Å². The van der Waals surface area contributed by atoms with Gasteiger partial charge in [0.2, 0.25) is 5.91 Å². The molecule has 202 valence electrons. The highest BCUT2D eigenvalue weighted by atomic mass is 79.9. The molecule has 0 saturated carbocycles. The minimum atomic E-state index is -0.674. The van der Waals surface area contributed by atoms with E-state index < -0.39 is 6.04 Å². The molecule has 0 bridgehead atoms. The molecule has 0 saturated heterocycles. The quantitative estimate of drug-likeness (QED) is 0.244. The lowest BCUT2D eigenvalue weighted by molar-refractivity contribution is -0.142. The van der Waals surface area contributed by atoms with Crippen LogP contribution in [0.1, 0.15) is 57.2 Å². The Morgan fingerprint density at radius 1 is 0.921 bits per heavy atom. The van der Waals surface area contributed by atoms with E-state index in [2.05, 4.69) is 48.9 Å². The highest BCUT2D eigenvalue weighted by Crippen LogP contribution is 2.31. The van der Waals surface area contributed by atoms with E-state index in [1.807, 2.05) is 78.9 Å².